The Morgan fingerprint density at radius 3 is 2.48 bits per heavy atom. The van der Waals surface area contributed by atoms with Crippen LogP contribution in [0.2, 0.25) is 25.7 Å². The third kappa shape index (κ3) is 7.44. The van der Waals surface area contributed by atoms with Crippen molar-refractivity contribution in [3.63, 3.8) is 0 Å². The Morgan fingerprint density at radius 1 is 0.932 bits per heavy atom. The van der Waals surface area contributed by atoms with Gasteiger partial charge in [-0.2, -0.15) is 0 Å². The van der Waals surface area contributed by atoms with Gasteiger partial charge >= 0.3 is 0 Å². The summed E-state index contributed by atoms with van der Waals surface area (Å²) < 4.78 is 8.27. The maximum Gasteiger partial charge on any atom is 0.256 e. The second kappa shape index (κ2) is 13.6. The number of rotatable bonds is 11. The van der Waals surface area contributed by atoms with Crippen LogP contribution < -0.4 is 10.6 Å². The van der Waals surface area contributed by atoms with Crippen LogP contribution in [0.1, 0.15) is 17.3 Å². The number of benzene rings is 3. The van der Waals surface area contributed by atoms with Crippen LogP contribution >= 0.6 is 11.8 Å². The summed E-state index contributed by atoms with van der Waals surface area (Å²) in [4.78, 5) is 34.6. The molecular weight excluding hydrogens is 587 g/mol. The van der Waals surface area contributed by atoms with Crippen LogP contribution in [-0.2, 0) is 16.3 Å². The number of amides is 2. The molecule has 0 spiro atoms. The number of hydrogen-bond donors (Lipinski definition) is 2. The van der Waals surface area contributed by atoms with E-state index < -0.39 is 8.07 Å². The van der Waals surface area contributed by atoms with Gasteiger partial charge in [-0.05, 0) is 53.4 Å². The summed E-state index contributed by atoms with van der Waals surface area (Å²) >= 11 is 1.54. The number of nitrogens with zero attached hydrogens (tertiary/aromatic N) is 3. The van der Waals surface area contributed by atoms with Gasteiger partial charge in [0, 0.05) is 50.2 Å². The number of carbonyl (C=O) groups excluding carboxylic acids is 2. The lowest BCUT2D eigenvalue weighted by Crippen LogP contribution is -2.22. The molecule has 0 saturated heterocycles. The summed E-state index contributed by atoms with van der Waals surface area (Å²) in [5.74, 6) is 0.0760. The van der Waals surface area contributed by atoms with E-state index >= 15 is 0 Å². The monoisotopic (exact) mass is 623 g/mol. The lowest BCUT2D eigenvalue weighted by atomic mass is 10.0. The fraction of sp³-hybridized carbons (Fsp3) is 0.235. The number of fused-ring (bicyclic) bond motifs is 1. The Balaban J connectivity index is 1.53. The second-order valence-corrected chi connectivity index (χ2v) is 18.1. The van der Waals surface area contributed by atoms with Crippen molar-refractivity contribution in [3.8, 4) is 22.5 Å². The van der Waals surface area contributed by atoms with Gasteiger partial charge in [0.1, 0.15) is 12.5 Å². The highest BCUT2D eigenvalue weighted by Crippen LogP contribution is 2.37. The lowest BCUT2D eigenvalue weighted by molar-refractivity contribution is -0.114. The molecule has 0 aliphatic rings. The molecule has 44 heavy (non-hydrogen) atoms. The average Bonchev–Trinajstić information content (AvgIpc) is 3.37. The number of hydrogen-bond acceptors (Lipinski definition) is 6. The zero-order valence-corrected chi connectivity index (χ0v) is 27.5. The van der Waals surface area contributed by atoms with E-state index in [1.165, 1.54) is 18.7 Å². The fourth-order valence-corrected chi connectivity index (χ4v) is 6.23. The van der Waals surface area contributed by atoms with Crippen LogP contribution in [-0.4, -0.2) is 47.3 Å². The first-order valence-electron chi connectivity index (χ1n) is 14.5. The van der Waals surface area contributed by atoms with E-state index in [9.17, 15) is 9.59 Å². The number of aromatic nitrogens is 3. The molecule has 0 aliphatic carbocycles. The molecule has 2 N–H and O–H groups in total. The fourth-order valence-electron chi connectivity index (χ4n) is 4.93. The van der Waals surface area contributed by atoms with E-state index in [0.29, 0.717) is 30.4 Å². The molecule has 0 radical (unpaired) electrons. The molecule has 226 valence electrons. The van der Waals surface area contributed by atoms with Gasteiger partial charge in [0.05, 0.1) is 11.4 Å². The Hall–Kier alpha value is -4.25. The van der Waals surface area contributed by atoms with Crippen molar-refractivity contribution in [3.05, 3.63) is 90.6 Å². The maximum atomic E-state index is 13.4. The van der Waals surface area contributed by atoms with E-state index in [2.05, 4.69) is 39.8 Å². The quantitative estimate of drug-likeness (QED) is 0.0879. The summed E-state index contributed by atoms with van der Waals surface area (Å²) in [6.45, 7) is 9.45. The van der Waals surface area contributed by atoms with E-state index in [1.807, 2.05) is 85.1 Å². The average molecular weight is 624 g/mol. The third-order valence-corrected chi connectivity index (χ3v) is 9.48. The summed E-state index contributed by atoms with van der Waals surface area (Å²) in [5.41, 5.74) is 4.53. The van der Waals surface area contributed by atoms with Crippen molar-refractivity contribution in [2.75, 3.05) is 23.5 Å². The van der Waals surface area contributed by atoms with Crippen LogP contribution in [0.3, 0.4) is 0 Å². The first kappa shape index (κ1) is 31.2. The van der Waals surface area contributed by atoms with Gasteiger partial charge in [-0.3, -0.25) is 14.2 Å². The van der Waals surface area contributed by atoms with Crippen molar-refractivity contribution in [2.24, 2.45) is 0 Å². The van der Waals surface area contributed by atoms with Crippen LogP contribution in [0, 0.1) is 0 Å². The van der Waals surface area contributed by atoms with Crippen LogP contribution in [0.5, 0.6) is 0 Å². The minimum atomic E-state index is -1.26. The zero-order valence-electron chi connectivity index (χ0n) is 25.7. The van der Waals surface area contributed by atoms with Gasteiger partial charge in [0.15, 0.2) is 5.16 Å². The first-order valence-corrected chi connectivity index (χ1v) is 19.4. The highest BCUT2D eigenvalue weighted by Gasteiger charge is 2.22. The second-order valence-electron chi connectivity index (χ2n) is 11.7. The first-order chi connectivity index (χ1) is 21.1. The number of ether oxygens (including phenoxy) is 1. The highest BCUT2D eigenvalue weighted by atomic mass is 32.2. The van der Waals surface area contributed by atoms with E-state index in [-0.39, 0.29) is 11.8 Å². The summed E-state index contributed by atoms with van der Waals surface area (Å²) in [5, 5.41) is 8.58. The largest absolute Gasteiger partial charge is 0.361 e. The molecule has 3 aromatic carbocycles. The number of anilines is 2. The molecule has 0 unspecified atom stereocenters. The molecule has 0 atom stereocenters. The number of imidazole rings is 1. The van der Waals surface area contributed by atoms with Crippen molar-refractivity contribution in [1.82, 2.24) is 14.5 Å². The van der Waals surface area contributed by atoms with Crippen LogP contribution in [0.15, 0.2) is 90.2 Å². The molecule has 5 aromatic rings. The van der Waals surface area contributed by atoms with Crippen LogP contribution in [0.4, 0.5) is 11.5 Å². The van der Waals surface area contributed by atoms with Gasteiger partial charge in [-0.1, -0.05) is 79.9 Å². The van der Waals surface area contributed by atoms with E-state index in [0.717, 1.165) is 44.5 Å². The van der Waals surface area contributed by atoms with Crippen molar-refractivity contribution < 1.29 is 14.3 Å². The molecule has 0 saturated carbocycles. The van der Waals surface area contributed by atoms with E-state index in [4.69, 9.17) is 9.72 Å². The Labute approximate surface area is 263 Å². The molecule has 10 heteroatoms. The Bertz CT molecular complexity index is 1810. The third-order valence-electron chi connectivity index (χ3n) is 7.10. The minimum absolute atomic E-state index is 0.181. The number of pyridine rings is 1. The normalized spacial score (nSPS) is 11.5. The lowest BCUT2D eigenvalue weighted by Gasteiger charge is -2.17. The number of carbonyl (C=O) groups is 2. The summed E-state index contributed by atoms with van der Waals surface area (Å²) in [7, 11) is -1.26. The predicted octanol–water partition coefficient (Wildman–Crippen LogP) is 8.01. The van der Waals surface area contributed by atoms with Crippen molar-refractivity contribution >= 4 is 53.9 Å². The molecule has 0 aliphatic heterocycles. The molecular formula is C34H37N5O3SSi. The minimum Gasteiger partial charge on any atom is -0.361 e. The predicted molar refractivity (Wildman–Crippen MR) is 183 cm³/mol. The van der Waals surface area contributed by atoms with E-state index in [1.54, 1.807) is 6.20 Å². The Kier molecular flexibility index (Phi) is 9.63. The van der Waals surface area contributed by atoms with Gasteiger partial charge in [-0.25, -0.2) is 9.97 Å². The number of thioether (sulfide) groups is 1. The molecule has 2 aromatic heterocycles. The smallest absolute Gasteiger partial charge is 0.256 e. The Morgan fingerprint density at radius 2 is 1.70 bits per heavy atom. The van der Waals surface area contributed by atoms with Gasteiger partial charge < -0.3 is 15.4 Å². The standard InChI is InChI=1S/C34H37N5O3SSi/c1-23(40)36-30-21-26(16-17-35-30)32-31(38-34(43-2)39(32)22-42-18-19-44(3,4)5)25-12-8-13-27(20-25)37-33(41)29-15-9-11-24-10-6-7-14-28(24)29/h6-17,20-21H,18-19,22H2,1-5H3,(H,37,41)(H,35,36,40). The number of nitrogens with one attached hydrogen (secondary N) is 2. The van der Waals surface area contributed by atoms with Crippen molar-refractivity contribution in [2.45, 2.75) is 44.5 Å². The zero-order chi connectivity index (χ0) is 31.3. The highest BCUT2D eigenvalue weighted by molar-refractivity contribution is 7.98. The molecule has 0 fully saturated rings. The summed E-state index contributed by atoms with van der Waals surface area (Å²) in [6.07, 6.45) is 3.66. The molecule has 8 nitrogen and oxygen atoms in total. The molecule has 0 bridgehead atoms. The molecule has 5 rings (SSSR count). The van der Waals surface area contributed by atoms with Gasteiger partial charge in [0.2, 0.25) is 5.91 Å². The molecule has 2 heterocycles. The topological polar surface area (TPSA) is 98.1 Å². The van der Waals surface area contributed by atoms with Crippen molar-refractivity contribution in [1.29, 1.82) is 0 Å². The molecule has 2 amide bonds. The van der Waals surface area contributed by atoms with Gasteiger partial charge in [-0.15, -0.1) is 0 Å². The van der Waals surface area contributed by atoms with Crippen LogP contribution in [0.25, 0.3) is 33.3 Å². The summed E-state index contributed by atoms with van der Waals surface area (Å²) in [6, 6.07) is 26.1. The maximum absolute atomic E-state index is 13.4. The SMILES string of the molecule is CSc1nc(-c2cccc(NC(=O)c3cccc4ccccc34)c2)c(-c2ccnc(NC(C)=O)c2)n1COCC[Si](C)(C)C. The van der Waals surface area contributed by atoms with Gasteiger partial charge in [0.25, 0.3) is 5.91 Å².